The number of benzene rings is 6. The number of esters is 2. The van der Waals surface area contributed by atoms with E-state index < -0.39 is 43.3 Å². The van der Waals surface area contributed by atoms with Crippen molar-refractivity contribution in [3.05, 3.63) is 251 Å². The predicted molar refractivity (Wildman–Crippen MR) is 552 cm³/mol. The number of hydrogen-bond donors (Lipinski definition) is 3. The molecule has 10 rings (SSSR count). The van der Waals surface area contributed by atoms with Crippen LogP contribution in [0.1, 0.15) is 310 Å². The third-order valence-electron chi connectivity index (χ3n) is 30.0. The molecule has 2 aliphatic rings. The van der Waals surface area contributed by atoms with Crippen LogP contribution in [0.25, 0.3) is 21.5 Å². The second-order valence-electron chi connectivity index (χ2n) is 41.4. The molecule has 3 N–H and O–H groups in total. The van der Waals surface area contributed by atoms with Gasteiger partial charge in [0, 0.05) is 79.2 Å². The zero-order valence-corrected chi connectivity index (χ0v) is 87.1. The van der Waals surface area contributed by atoms with E-state index in [0.717, 1.165) is 126 Å². The molecule has 6 aromatic carbocycles. The van der Waals surface area contributed by atoms with Gasteiger partial charge in [-0.15, -0.1) is 0 Å². The molecule has 2 aliphatic carbocycles. The Hall–Kier alpha value is -7.69. The van der Waals surface area contributed by atoms with Gasteiger partial charge in [0.1, 0.15) is 24.8 Å². The van der Waals surface area contributed by atoms with Crippen LogP contribution in [0.15, 0.2) is 207 Å². The molecule has 4 unspecified atom stereocenters. The van der Waals surface area contributed by atoms with Gasteiger partial charge in [-0.25, -0.2) is 0 Å². The number of hydrogen-bond acceptors (Lipinski definition) is 14. The lowest BCUT2D eigenvalue weighted by molar-refractivity contribution is -0.145. The Kier molecular flexibility index (Phi) is 43.5. The van der Waals surface area contributed by atoms with Crippen LogP contribution in [0.5, 0.6) is 0 Å². The molecule has 2 saturated carbocycles. The van der Waals surface area contributed by atoms with Gasteiger partial charge < -0.3 is 38.1 Å². The zero-order valence-electron chi connectivity index (χ0n) is 84.1. The molecule has 12 atom stereocenters. The van der Waals surface area contributed by atoms with E-state index in [1.807, 2.05) is 135 Å². The Balaban J connectivity index is 0.000000328. The van der Waals surface area contributed by atoms with Crippen LogP contribution in [0.3, 0.4) is 0 Å². The fraction of sp³-hybridized carbons (Fsp3) is 0.565. The molecule has 0 radical (unpaired) electrons. The van der Waals surface area contributed by atoms with Gasteiger partial charge in [0.15, 0.2) is 0 Å². The Morgan fingerprint density at radius 1 is 0.402 bits per heavy atom. The van der Waals surface area contributed by atoms with Gasteiger partial charge in [0.2, 0.25) is 25.0 Å². The summed E-state index contributed by atoms with van der Waals surface area (Å²) < 4.78 is 35.3. The second-order valence-corrected chi connectivity index (χ2v) is 57.7. The first kappa shape index (κ1) is 108. The summed E-state index contributed by atoms with van der Waals surface area (Å²) in [5, 5.41) is 36.0. The summed E-state index contributed by atoms with van der Waals surface area (Å²) in [4.78, 5) is 60.8. The van der Waals surface area contributed by atoms with Crippen molar-refractivity contribution in [2.45, 2.75) is 391 Å². The fourth-order valence-electron chi connectivity index (χ4n) is 23.3. The van der Waals surface area contributed by atoms with Crippen LogP contribution >= 0.6 is 0 Å². The maximum absolute atomic E-state index is 13.6. The lowest BCUT2D eigenvalue weighted by Crippen LogP contribution is -2.51. The number of carbonyl (C=O) groups excluding carboxylic acids is 4. The number of Topliss-reactive ketones (excluding diaryl/α,β-unsaturated/α-hetero) is 2. The number of aromatic nitrogens is 2. The highest BCUT2D eigenvalue weighted by Gasteiger charge is 2.56. The van der Waals surface area contributed by atoms with E-state index in [9.17, 15) is 34.5 Å². The quantitative estimate of drug-likeness (QED) is 0.0141. The van der Waals surface area contributed by atoms with E-state index in [-0.39, 0.29) is 78.7 Å². The molecule has 0 bridgehead atoms. The maximum atomic E-state index is 13.6. The van der Waals surface area contributed by atoms with Crippen molar-refractivity contribution < 1.29 is 57.2 Å². The highest BCUT2D eigenvalue weighted by molar-refractivity contribution is 6.78. The van der Waals surface area contributed by atoms with Crippen molar-refractivity contribution in [1.82, 2.24) is 9.97 Å². The molecule has 720 valence electrons. The van der Waals surface area contributed by atoms with Crippen LogP contribution in [-0.4, -0.2) is 110 Å². The second kappa shape index (κ2) is 53.1. The Bertz CT molecular complexity index is 4770. The van der Waals surface area contributed by atoms with Crippen LogP contribution in [0.2, 0.25) is 49.9 Å². The van der Waals surface area contributed by atoms with Crippen LogP contribution in [-0.2, 0) is 80.8 Å². The third kappa shape index (κ3) is 29.9. The number of allylic oxidation sites excluding steroid dienone is 4. The normalized spacial score (nSPS) is 19.1. The van der Waals surface area contributed by atoms with E-state index in [0.29, 0.717) is 132 Å². The molecule has 2 fully saturated rings. The summed E-state index contributed by atoms with van der Waals surface area (Å²) in [6, 6.07) is 53.2. The Morgan fingerprint density at radius 2 is 0.788 bits per heavy atom. The number of pyridine rings is 2. The first-order chi connectivity index (χ1) is 63.1. The maximum Gasteiger partial charge on any atom is 0.306 e. The van der Waals surface area contributed by atoms with Gasteiger partial charge in [0.05, 0.1) is 30.5 Å². The molecule has 0 saturated heterocycles. The van der Waals surface area contributed by atoms with Gasteiger partial charge in [-0.05, 0) is 257 Å². The number of rotatable bonds is 53. The first-order valence-corrected chi connectivity index (χ1v) is 57.2. The summed E-state index contributed by atoms with van der Waals surface area (Å²) in [7, 11) is -6.75. The molecule has 2 heterocycles. The van der Waals surface area contributed by atoms with Crippen molar-refractivity contribution in [3.8, 4) is 0 Å². The summed E-state index contributed by atoms with van der Waals surface area (Å²) in [6.45, 7) is 48.3. The molecule has 0 aliphatic heterocycles. The van der Waals surface area contributed by atoms with Crippen molar-refractivity contribution in [1.29, 1.82) is 0 Å². The molecular weight excluding hydrogens is 1690 g/mol. The SMILES string of the molecule is CCC(C(=O)Cc1ccc2cnccc2c1)c1ccc(COC(=O)CCC/C=C\CC2[C@@H](CC[C@@H](O)CCc3ccccc3)[C@H](O)C[C@@H]2O)cc1.CCC(C(=O)Cc1ccc2cnccc2c1)c1ccc(COC(=O)CCC/C=C\CC2[C@@H](O[Si](C(C)C)(C(C)C)C(C)C)C[C@@H](O[Si](C(C)C)(C(C)C)C(C)C)[C@@H]2CC[C@H](CCc2ccccc2)O[Si](C(C)C)(C(C)C)C(C)C)cc1. The Morgan fingerprint density at radius 3 is 1.20 bits per heavy atom. The molecule has 0 amide bonds. The minimum Gasteiger partial charge on any atom is -0.461 e. The van der Waals surface area contributed by atoms with E-state index in [2.05, 4.69) is 208 Å². The molecule has 2 aromatic heterocycles. The minimum atomic E-state index is -2.28. The average Bonchev–Trinajstić information content (AvgIpc) is 1.60. The molecule has 8 aromatic rings. The molecular formula is C115H166N2O12Si3. The minimum absolute atomic E-state index is 0.0396. The largest absolute Gasteiger partial charge is 0.461 e. The average molecular weight is 1850 g/mol. The van der Waals surface area contributed by atoms with Crippen LogP contribution in [0, 0.1) is 23.7 Å². The topological polar surface area (TPSA) is 201 Å². The van der Waals surface area contributed by atoms with Crippen molar-refractivity contribution >= 4 is 70.0 Å². The number of fused-ring (bicyclic) bond motifs is 2. The summed E-state index contributed by atoms with van der Waals surface area (Å²) in [6.07, 6.45) is 30.5. The van der Waals surface area contributed by atoms with Crippen LogP contribution in [0.4, 0.5) is 0 Å². The number of ether oxygens (including phenoxy) is 2. The molecule has 0 spiro atoms. The number of carbonyl (C=O) groups is 4. The Labute approximate surface area is 798 Å². The number of nitrogens with zero attached hydrogens (tertiary/aromatic N) is 2. The fourth-order valence-corrected chi connectivity index (χ4v) is 40.1. The first-order valence-electron chi connectivity index (χ1n) is 50.8. The monoisotopic (exact) mass is 1850 g/mol. The van der Waals surface area contributed by atoms with Crippen molar-refractivity contribution in [3.63, 3.8) is 0 Å². The van der Waals surface area contributed by atoms with Gasteiger partial charge in [0.25, 0.3) is 0 Å². The predicted octanol–water partition coefficient (Wildman–Crippen LogP) is 28.3. The van der Waals surface area contributed by atoms with Gasteiger partial charge in [-0.2, -0.15) is 0 Å². The standard InChI is InChI=1S/C71H113NO6Si3.C44H53NO6/c1-20-65(68(73)45-60-34-38-63-47-72-43-42-62(63)44-60)61-36-32-59(33-37-61)48-75-71(74)31-27-22-21-26-30-66-67(41-40-64(39-35-58-28-24-23-25-29-58)76-79(49(2)3,50(4)5)51(6)7)70(78-81(55(14)15,56(16)17)57(18)19)46-69(66)77-80(52(8)9,53(10)11)54(12)13;1-2-38(41(47)27-33-16-20-36-29-45-25-24-35(36)26-33)34-18-14-32(15-19-34)30-51-44(50)13-9-4-3-8-12-39-40(43(49)28-42(39)48)23-22-37(46)21-17-31-10-6-5-7-11-31/h21,23-26,28-29,32-34,36-38,42-44,47,49-57,64-67,69-70H,20,22,27,30-31,35,39-41,45-46,48H2,1-19H3;3,5-8,10-11,14-16,18-20,24-26,29,37-40,42-43,46,48-49H,2,4,9,12-13,17,21-23,27-28,30H2,1H3/b26-21-;8-3-/t64-,65?,66?,67+,69-,70+;37-,38?,39?,40+,42-,43+/m00/s1. The molecule has 132 heavy (non-hydrogen) atoms. The van der Waals surface area contributed by atoms with Gasteiger partial charge in [-0.1, -0.05) is 308 Å². The van der Waals surface area contributed by atoms with Crippen molar-refractivity contribution in [2.75, 3.05) is 0 Å². The summed E-state index contributed by atoms with van der Waals surface area (Å²) in [5.74, 6) is 0.106. The number of aliphatic hydroxyl groups excluding tert-OH is 3. The summed E-state index contributed by atoms with van der Waals surface area (Å²) in [5.41, 5.74) is 12.8. The molecule has 17 heteroatoms. The number of aryl methyl sites for hydroxylation is 2. The smallest absolute Gasteiger partial charge is 0.306 e. The summed E-state index contributed by atoms with van der Waals surface area (Å²) >= 11 is 0. The van der Waals surface area contributed by atoms with Crippen molar-refractivity contribution in [2.24, 2.45) is 23.7 Å². The van der Waals surface area contributed by atoms with E-state index in [1.165, 1.54) is 11.1 Å². The lowest BCUT2D eigenvalue weighted by Gasteiger charge is -2.46. The highest BCUT2D eigenvalue weighted by atomic mass is 28.4. The zero-order chi connectivity index (χ0) is 95.8. The number of aliphatic hydroxyl groups is 3. The highest BCUT2D eigenvalue weighted by Crippen LogP contribution is 2.54. The lowest BCUT2D eigenvalue weighted by atomic mass is 9.85. The van der Waals surface area contributed by atoms with Gasteiger partial charge >= 0.3 is 11.9 Å². The van der Waals surface area contributed by atoms with E-state index in [4.69, 9.17) is 22.8 Å². The number of ketones is 2. The van der Waals surface area contributed by atoms with Gasteiger partial charge in [-0.3, -0.25) is 29.1 Å². The molecule has 14 nitrogen and oxygen atoms in total. The number of unbranched alkanes of at least 4 members (excludes halogenated alkanes) is 2. The third-order valence-corrected chi connectivity index (χ3v) is 48.4. The van der Waals surface area contributed by atoms with E-state index in [1.54, 1.807) is 12.4 Å². The van der Waals surface area contributed by atoms with E-state index >= 15 is 0 Å². The van der Waals surface area contributed by atoms with Crippen LogP contribution < -0.4 is 0 Å².